The summed E-state index contributed by atoms with van der Waals surface area (Å²) in [7, 11) is 0. The van der Waals surface area contributed by atoms with Gasteiger partial charge < -0.3 is 5.01 Å². The fraction of sp³-hybridized carbons (Fsp3) is 0.273. The molecule has 0 atom stereocenters. The largest absolute Gasteiger partial charge is 0.308 e. The maximum Gasteiger partial charge on any atom is 0.260 e. The molecule has 2 N–H and O–H groups in total. The van der Waals surface area contributed by atoms with Crippen molar-refractivity contribution in [2.45, 2.75) is 33.2 Å². The van der Waals surface area contributed by atoms with E-state index in [4.69, 9.17) is 0 Å². The number of allylic oxidation sites excluding steroid dienone is 1. The van der Waals surface area contributed by atoms with Gasteiger partial charge in [-0.25, -0.2) is 5.43 Å². The molecule has 0 spiro atoms. The van der Waals surface area contributed by atoms with Crippen LogP contribution in [-0.4, -0.2) is 23.4 Å². The standard InChI is InChI=1S/C22H25N3O2/c1-3-23-25-15-18-11-7-8-12-19(18)21(16(25)2)22(27)24-20(26)14-13-17-9-5-4-6-10-17/h4-12,23H,3,13-15H2,1-2H3,(H,24,26,27). The highest BCUT2D eigenvalue weighted by atomic mass is 16.2. The Hall–Kier alpha value is -2.92. The second kappa shape index (κ2) is 8.64. The van der Waals surface area contributed by atoms with E-state index in [1.54, 1.807) is 0 Å². The van der Waals surface area contributed by atoms with E-state index in [1.807, 2.05) is 73.5 Å². The van der Waals surface area contributed by atoms with Crippen LogP contribution in [-0.2, 0) is 22.6 Å². The molecule has 1 aliphatic heterocycles. The molecule has 5 nitrogen and oxygen atoms in total. The third kappa shape index (κ3) is 4.44. The maximum atomic E-state index is 12.9. The molecular formula is C22H25N3O2. The van der Waals surface area contributed by atoms with E-state index >= 15 is 0 Å². The van der Waals surface area contributed by atoms with Crippen LogP contribution in [0.4, 0.5) is 0 Å². The molecular weight excluding hydrogens is 338 g/mol. The van der Waals surface area contributed by atoms with Gasteiger partial charge in [-0.05, 0) is 30.0 Å². The van der Waals surface area contributed by atoms with Gasteiger partial charge in [-0.2, -0.15) is 0 Å². The first-order chi connectivity index (χ1) is 13.1. The molecule has 0 aromatic heterocycles. The second-order valence-electron chi connectivity index (χ2n) is 6.58. The average Bonchev–Trinajstić information content (AvgIpc) is 2.68. The predicted octanol–water partition coefficient (Wildman–Crippen LogP) is 3.03. The molecule has 140 valence electrons. The molecule has 2 amide bonds. The quantitative estimate of drug-likeness (QED) is 0.828. The van der Waals surface area contributed by atoms with Crippen molar-refractivity contribution in [1.82, 2.24) is 15.8 Å². The normalized spacial score (nSPS) is 13.3. The molecule has 0 saturated carbocycles. The van der Waals surface area contributed by atoms with Crippen molar-refractivity contribution >= 4 is 17.4 Å². The highest BCUT2D eigenvalue weighted by Crippen LogP contribution is 2.30. The van der Waals surface area contributed by atoms with Crippen LogP contribution in [0.3, 0.4) is 0 Å². The molecule has 0 radical (unpaired) electrons. The Morgan fingerprint density at radius 2 is 1.74 bits per heavy atom. The number of carbonyl (C=O) groups excluding carboxylic acids is 2. The molecule has 0 unspecified atom stereocenters. The minimum Gasteiger partial charge on any atom is -0.308 e. The number of hydrazine groups is 1. The van der Waals surface area contributed by atoms with Crippen LogP contribution in [0.2, 0.25) is 0 Å². The van der Waals surface area contributed by atoms with Gasteiger partial charge in [-0.15, -0.1) is 0 Å². The van der Waals surface area contributed by atoms with Crippen LogP contribution in [0.15, 0.2) is 60.3 Å². The van der Waals surface area contributed by atoms with Gasteiger partial charge in [0, 0.05) is 18.7 Å². The van der Waals surface area contributed by atoms with Gasteiger partial charge in [-0.1, -0.05) is 61.5 Å². The molecule has 1 aliphatic rings. The smallest absolute Gasteiger partial charge is 0.260 e. The maximum absolute atomic E-state index is 12.9. The lowest BCUT2D eigenvalue weighted by atomic mass is 9.94. The number of rotatable bonds is 6. The minimum atomic E-state index is -0.347. The Morgan fingerprint density at radius 3 is 2.48 bits per heavy atom. The molecule has 27 heavy (non-hydrogen) atoms. The summed E-state index contributed by atoms with van der Waals surface area (Å²) < 4.78 is 0. The van der Waals surface area contributed by atoms with Crippen molar-refractivity contribution in [3.63, 3.8) is 0 Å². The van der Waals surface area contributed by atoms with E-state index in [0.717, 1.165) is 28.9 Å². The Morgan fingerprint density at radius 1 is 1.04 bits per heavy atom. The number of carbonyl (C=O) groups is 2. The molecule has 3 rings (SSSR count). The first kappa shape index (κ1) is 18.9. The summed E-state index contributed by atoms with van der Waals surface area (Å²) in [6, 6.07) is 17.6. The zero-order valence-electron chi connectivity index (χ0n) is 15.8. The monoisotopic (exact) mass is 363 g/mol. The van der Waals surface area contributed by atoms with Crippen molar-refractivity contribution in [3.05, 3.63) is 77.0 Å². The van der Waals surface area contributed by atoms with E-state index in [2.05, 4.69) is 10.7 Å². The number of imide groups is 1. The number of amides is 2. The van der Waals surface area contributed by atoms with E-state index < -0.39 is 0 Å². The Balaban J connectivity index is 1.75. The summed E-state index contributed by atoms with van der Waals surface area (Å²) in [5.74, 6) is -0.608. The lowest BCUT2D eigenvalue weighted by Crippen LogP contribution is -2.41. The SMILES string of the molecule is CCNN1Cc2ccccc2C(C(=O)NC(=O)CCc2ccccc2)=C1C. The summed E-state index contributed by atoms with van der Waals surface area (Å²) in [4.78, 5) is 25.2. The third-order valence-corrected chi connectivity index (χ3v) is 4.69. The van der Waals surface area contributed by atoms with Gasteiger partial charge in [-0.3, -0.25) is 14.9 Å². The Bertz CT molecular complexity index is 859. The fourth-order valence-electron chi connectivity index (χ4n) is 3.33. The Kier molecular flexibility index (Phi) is 6.04. The summed E-state index contributed by atoms with van der Waals surface area (Å²) in [6.07, 6.45) is 0.888. The molecule has 5 heteroatoms. The molecule has 0 fully saturated rings. The van der Waals surface area contributed by atoms with Crippen molar-refractivity contribution in [2.75, 3.05) is 6.54 Å². The number of nitrogens with one attached hydrogen (secondary N) is 2. The van der Waals surface area contributed by atoms with Gasteiger partial charge in [0.2, 0.25) is 5.91 Å². The second-order valence-corrected chi connectivity index (χ2v) is 6.58. The number of fused-ring (bicyclic) bond motifs is 1. The predicted molar refractivity (Wildman–Crippen MR) is 106 cm³/mol. The molecule has 2 aromatic carbocycles. The van der Waals surface area contributed by atoms with Crippen LogP contribution < -0.4 is 10.7 Å². The number of hydrogen-bond acceptors (Lipinski definition) is 4. The van der Waals surface area contributed by atoms with E-state index in [0.29, 0.717) is 18.5 Å². The first-order valence-corrected chi connectivity index (χ1v) is 9.28. The van der Waals surface area contributed by atoms with Crippen molar-refractivity contribution in [1.29, 1.82) is 0 Å². The zero-order valence-corrected chi connectivity index (χ0v) is 15.8. The zero-order chi connectivity index (χ0) is 19.2. The van der Waals surface area contributed by atoms with Gasteiger partial charge in [0.15, 0.2) is 0 Å². The van der Waals surface area contributed by atoms with Crippen LogP contribution in [0, 0.1) is 0 Å². The molecule has 0 saturated heterocycles. The van der Waals surface area contributed by atoms with Crippen molar-refractivity contribution in [3.8, 4) is 0 Å². The first-order valence-electron chi connectivity index (χ1n) is 9.28. The fourth-order valence-corrected chi connectivity index (χ4v) is 3.33. The Labute approximate surface area is 160 Å². The molecule has 0 bridgehead atoms. The number of benzene rings is 2. The number of nitrogens with zero attached hydrogens (tertiary/aromatic N) is 1. The summed E-state index contributed by atoms with van der Waals surface area (Å²) in [5, 5.41) is 4.53. The van der Waals surface area contributed by atoms with Gasteiger partial charge >= 0.3 is 0 Å². The topological polar surface area (TPSA) is 61.4 Å². The molecule has 1 heterocycles. The molecule has 0 aliphatic carbocycles. The minimum absolute atomic E-state index is 0.262. The number of aryl methyl sites for hydroxylation is 1. The molecule has 2 aromatic rings. The highest BCUT2D eigenvalue weighted by molar-refractivity contribution is 6.24. The van der Waals surface area contributed by atoms with E-state index in [9.17, 15) is 9.59 Å². The summed E-state index contributed by atoms with van der Waals surface area (Å²) >= 11 is 0. The van der Waals surface area contributed by atoms with E-state index in [-0.39, 0.29) is 18.2 Å². The van der Waals surface area contributed by atoms with Crippen molar-refractivity contribution < 1.29 is 9.59 Å². The van der Waals surface area contributed by atoms with Gasteiger partial charge in [0.05, 0.1) is 12.1 Å². The van der Waals surface area contributed by atoms with Crippen LogP contribution in [0.5, 0.6) is 0 Å². The average molecular weight is 363 g/mol. The lowest BCUT2D eigenvalue weighted by molar-refractivity contribution is -0.127. The lowest BCUT2D eigenvalue weighted by Gasteiger charge is -2.33. The highest BCUT2D eigenvalue weighted by Gasteiger charge is 2.27. The van der Waals surface area contributed by atoms with E-state index in [1.165, 1.54) is 0 Å². The van der Waals surface area contributed by atoms with Crippen molar-refractivity contribution in [2.24, 2.45) is 0 Å². The third-order valence-electron chi connectivity index (χ3n) is 4.69. The van der Waals surface area contributed by atoms with Gasteiger partial charge in [0.25, 0.3) is 5.91 Å². The summed E-state index contributed by atoms with van der Waals surface area (Å²) in [5.41, 5.74) is 7.67. The summed E-state index contributed by atoms with van der Waals surface area (Å²) in [6.45, 7) is 5.36. The number of hydrogen-bond donors (Lipinski definition) is 2. The van der Waals surface area contributed by atoms with Crippen LogP contribution in [0.25, 0.3) is 5.57 Å². The van der Waals surface area contributed by atoms with Gasteiger partial charge in [0.1, 0.15) is 0 Å². The van der Waals surface area contributed by atoms with Crippen LogP contribution in [0.1, 0.15) is 37.0 Å². The van der Waals surface area contributed by atoms with Crippen LogP contribution >= 0.6 is 0 Å².